The Morgan fingerprint density at radius 2 is 1.80 bits per heavy atom. The summed E-state index contributed by atoms with van der Waals surface area (Å²) in [7, 11) is 1.55. The Morgan fingerprint density at radius 1 is 1.15 bits per heavy atom. The van der Waals surface area contributed by atoms with Crippen molar-refractivity contribution in [1.82, 2.24) is 0 Å². The summed E-state index contributed by atoms with van der Waals surface area (Å²) >= 11 is 0. The number of anilines is 1. The first-order valence-electron chi connectivity index (χ1n) is 5.71. The van der Waals surface area contributed by atoms with Crippen LogP contribution < -0.4 is 20.7 Å². The number of nitrogens with one attached hydrogen (secondary N) is 1. The van der Waals surface area contributed by atoms with Gasteiger partial charge in [-0.1, -0.05) is 6.07 Å². The van der Waals surface area contributed by atoms with Gasteiger partial charge in [0, 0.05) is 0 Å². The van der Waals surface area contributed by atoms with Crippen LogP contribution in [0.5, 0.6) is 17.2 Å². The van der Waals surface area contributed by atoms with E-state index >= 15 is 0 Å². The second-order valence-corrected chi connectivity index (χ2v) is 3.83. The van der Waals surface area contributed by atoms with Crippen molar-refractivity contribution in [2.45, 2.75) is 0 Å². The van der Waals surface area contributed by atoms with Gasteiger partial charge in [0.25, 0.3) is 0 Å². The normalized spacial score (nSPS) is 9.90. The number of rotatable bonds is 5. The summed E-state index contributed by atoms with van der Waals surface area (Å²) in [4.78, 5) is 10.6. The number of nitro benzene ring substituents is 1. The molecule has 2 aromatic carbocycles. The Balaban J connectivity index is 2.34. The van der Waals surface area contributed by atoms with Gasteiger partial charge < -0.3 is 14.9 Å². The van der Waals surface area contributed by atoms with E-state index in [-0.39, 0.29) is 17.1 Å². The zero-order valence-electron chi connectivity index (χ0n) is 10.7. The summed E-state index contributed by atoms with van der Waals surface area (Å²) < 4.78 is 10.5. The molecule has 3 N–H and O–H groups in total. The highest BCUT2D eigenvalue weighted by atomic mass is 16.6. The van der Waals surface area contributed by atoms with Crippen molar-refractivity contribution >= 4 is 11.4 Å². The Kier molecular flexibility index (Phi) is 4.02. The molecule has 0 aliphatic heterocycles. The van der Waals surface area contributed by atoms with Crippen LogP contribution in [0.25, 0.3) is 0 Å². The smallest absolute Gasteiger partial charge is 0.335 e. The topological polar surface area (TPSA) is 99.7 Å². The molecule has 2 rings (SSSR count). The van der Waals surface area contributed by atoms with Crippen molar-refractivity contribution in [3.05, 3.63) is 52.6 Å². The number of nitrogens with two attached hydrogens (primary N) is 1. The van der Waals surface area contributed by atoms with Gasteiger partial charge >= 0.3 is 5.69 Å². The van der Waals surface area contributed by atoms with Crippen LogP contribution in [0.1, 0.15) is 0 Å². The minimum absolute atomic E-state index is 0.107. The number of methoxy groups -OCH3 is 1. The molecule has 0 fully saturated rings. The van der Waals surface area contributed by atoms with Crippen LogP contribution in [0.15, 0.2) is 42.5 Å². The molecule has 0 saturated carbocycles. The van der Waals surface area contributed by atoms with E-state index in [0.29, 0.717) is 11.5 Å². The lowest BCUT2D eigenvalue weighted by Crippen LogP contribution is -2.09. The van der Waals surface area contributed by atoms with Gasteiger partial charge in [-0.05, 0) is 36.4 Å². The van der Waals surface area contributed by atoms with Crippen molar-refractivity contribution in [3.63, 3.8) is 0 Å². The van der Waals surface area contributed by atoms with Gasteiger partial charge in [-0.15, -0.1) is 0 Å². The van der Waals surface area contributed by atoms with Crippen molar-refractivity contribution in [1.29, 1.82) is 0 Å². The number of nitrogen functional groups attached to an aromatic ring is 1. The minimum atomic E-state index is -0.548. The molecule has 0 atom stereocenters. The molecule has 20 heavy (non-hydrogen) atoms. The van der Waals surface area contributed by atoms with Crippen molar-refractivity contribution < 1.29 is 14.4 Å². The molecule has 7 heteroatoms. The van der Waals surface area contributed by atoms with E-state index in [1.54, 1.807) is 37.4 Å². The Morgan fingerprint density at radius 3 is 2.35 bits per heavy atom. The molecule has 0 heterocycles. The Bertz CT molecular complexity index is 614. The van der Waals surface area contributed by atoms with Gasteiger partial charge in [-0.3, -0.25) is 16.0 Å². The van der Waals surface area contributed by atoms with Gasteiger partial charge in [0.05, 0.1) is 12.0 Å². The fraction of sp³-hybridized carbons (Fsp3) is 0.0769. The molecule has 0 unspecified atom stereocenters. The number of nitrogens with zero attached hydrogens (tertiary/aromatic N) is 1. The molecule has 2 aromatic rings. The van der Waals surface area contributed by atoms with Crippen LogP contribution in [0.2, 0.25) is 0 Å². The predicted molar refractivity (Wildman–Crippen MR) is 74.0 cm³/mol. The SMILES string of the molecule is COc1ccc(Oc2cccc(NN)c2[N+](=O)[O-])cc1. The van der Waals surface area contributed by atoms with E-state index in [2.05, 4.69) is 5.43 Å². The maximum atomic E-state index is 11.1. The zero-order chi connectivity index (χ0) is 14.5. The quantitative estimate of drug-likeness (QED) is 0.494. The lowest BCUT2D eigenvalue weighted by atomic mass is 10.2. The number of hydrazine groups is 1. The number of para-hydroxylation sites is 1. The lowest BCUT2D eigenvalue weighted by molar-refractivity contribution is -0.384. The van der Waals surface area contributed by atoms with E-state index in [1.165, 1.54) is 12.1 Å². The van der Waals surface area contributed by atoms with Crippen molar-refractivity contribution in [2.24, 2.45) is 5.84 Å². The highest BCUT2D eigenvalue weighted by Crippen LogP contribution is 2.37. The molecule has 0 aliphatic rings. The summed E-state index contributed by atoms with van der Waals surface area (Å²) in [5.41, 5.74) is 2.24. The molecule has 0 aliphatic carbocycles. The third kappa shape index (κ3) is 2.78. The number of nitro groups is 1. The maximum Gasteiger partial charge on any atom is 0.335 e. The first-order valence-corrected chi connectivity index (χ1v) is 5.71. The van der Waals surface area contributed by atoms with Crippen LogP contribution >= 0.6 is 0 Å². The van der Waals surface area contributed by atoms with Gasteiger partial charge in [-0.25, -0.2) is 0 Å². The largest absolute Gasteiger partial charge is 0.497 e. The van der Waals surface area contributed by atoms with E-state index in [1.807, 2.05) is 0 Å². The standard InChI is InChI=1S/C13H13N3O4/c1-19-9-5-7-10(8-6-9)20-12-4-2-3-11(15-14)13(12)16(17)18/h2-8,15H,14H2,1H3. The fourth-order valence-corrected chi connectivity index (χ4v) is 1.68. The van der Waals surface area contributed by atoms with E-state index in [9.17, 15) is 10.1 Å². The third-order valence-corrected chi connectivity index (χ3v) is 2.62. The molecular weight excluding hydrogens is 262 g/mol. The second kappa shape index (κ2) is 5.89. The lowest BCUT2D eigenvalue weighted by Gasteiger charge is -2.09. The van der Waals surface area contributed by atoms with E-state index in [0.717, 1.165) is 0 Å². The minimum Gasteiger partial charge on any atom is -0.497 e. The molecule has 0 radical (unpaired) electrons. The Hall–Kier alpha value is -2.80. The molecule has 0 spiro atoms. The summed E-state index contributed by atoms with van der Waals surface area (Å²) in [6, 6.07) is 11.3. The molecule has 104 valence electrons. The van der Waals surface area contributed by atoms with E-state index in [4.69, 9.17) is 15.3 Å². The maximum absolute atomic E-state index is 11.1. The summed E-state index contributed by atoms with van der Waals surface area (Å²) in [6.07, 6.45) is 0. The van der Waals surface area contributed by atoms with Crippen LogP contribution in [0, 0.1) is 10.1 Å². The number of ether oxygens (including phenoxy) is 2. The Labute approximate surface area is 115 Å². The first-order chi connectivity index (χ1) is 9.65. The molecule has 7 nitrogen and oxygen atoms in total. The molecular formula is C13H13N3O4. The number of hydrogen-bond acceptors (Lipinski definition) is 6. The van der Waals surface area contributed by atoms with Gasteiger partial charge in [-0.2, -0.15) is 0 Å². The van der Waals surface area contributed by atoms with Gasteiger partial charge in [0.2, 0.25) is 5.75 Å². The zero-order valence-corrected chi connectivity index (χ0v) is 10.7. The molecule has 0 aromatic heterocycles. The molecule has 0 saturated heterocycles. The summed E-state index contributed by atoms with van der Waals surface area (Å²) in [6.45, 7) is 0. The van der Waals surface area contributed by atoms with Crippen LogP contribution in [-0.4, -0.2) is 12.0 Å². The van der Waals surface area contributed by atoms with Crippen LogP contribution in [0.3, 0.4) is 0 Å². The second-order valence-electron chi connectivity index (χ2n) is 3.83. The van der Waals surface area contributed by atoms with Gasteiger partial charge in [0.15, 0.2) is 0 Å². The molecule has 0 amide bonds. The predicted octanol–water partition coefficient (Wildman–Crippen LogP) is 2.68. The van der Waals surface area contributed by atoms with Gasteiger partial charge in [0.1, 0.15) is 17.2 Å². The van der Waals surface area contributed by atoms with Crippen LogP contribution in [-0.2, 0) is 0 Å². The highest BCUT2D eigenvalue weighted by Gasteiger charge is 2.21. The van der Waals surface area contributed by atoms with E-state index < -0.39 is 4.92 Å². The summed E-state index contributed by atoms with van der Waals surface area (Å²) in [5.74, 6) is 6.50. The number of benzene rings is 2. The third-order valence-electron chi connectivity index (χ3n) is 2.62. The fourth-order valence-electron chi connectivity index (χ4n) is 1.68. The summed E-state index contributed by atoms with van der Waals surface area (Å²) in [5, 5.41) is 11.1. The monoisotopic (exact) mass is 275 g/mol. The van der Waals surface area contributed by atoms with Crippen molar-refractivity contribution in [3.8, 4) is 17.2 Å². The average molecular weight is 275 g/mol. The molecule has 0 bridgehead atoms. The van der Waals surface area contributed by atoms with Crippen molar-refractivity contribution in [2.75, 3.05) is 12.5 Å². The highest BCUT2D eigenvalue weighted by molar-refractivity contribution is 5.68. The first kappa shape index (κ1) is 13.6. The number of hydrogen-bond donors (Lipinski definition) is 2. The van der Waals surface area contributed by atoms with Crippen LogP contribution in [0.4, 0.5) is 11.4 Å². The average Bonchev–Trinajstić information content (AvgIpc) is 2.47.